The molecule has 0 heterocycles. The number of hydrogen-bond donors (Lipinski definition) is 2. The Kier molecular flexibility index (Phi) is 6.80. The zero-order valence-corrected chi connectivity index (χ0v) is 14.6. The Morgan fingerprint density at radius 2 is 1.92 bits per heavy atom. The molecule has 1 aromatic carbocycles. The van der Waals surface area contributed by atoms with Crippen LogP contribution in [0, 0.1) is 0 Å². The molecule has 0 aromatic heterocycles. The van der Waals surface area contributed by atoms with Gasteiger partial charge in [-0.25, -0.2) is 9.59 Å². The Hall–Kier alpha value is -2.57. The lowest BCUT2D eigenvalue weighted by Crippen LogP contribution is -2.44. The minimum absolute atomic E-state index is 0.0453. The molecule has 25 heavy (non-hydrogen) atoms. The van der Waals surface area contributed by atoms with E-state index in [1.54, 1.807) is 0 Å². The first kappa shape index (κ1) is 18.8. The molecule has 1 aliphatic rings. The maximum absolute atomic E-state index is 11.6. The van der Waals surface area contributed by atoms with E-state index in [4.69, 9.17) is 9.47 Å². The van der Waals surface area contributed by atoms with E-state index in [0.29, 0.717) is 5.75 Å². The summed E-state index contributed by atoms with van der Waals surface area (Å²) in [6.45, 7) is 2.92. The fourth-order valence-electron chi connectivity index (χ4n) is 2.49. The molecule has 0 fully saturated rings. The van der Waals surface area contributed by atoms with E-state index in [1.165, 1.54) is 11.1 Å². The summed E-state index contributed by atoms with van der Waals surface area (Å²) in [6, 6.07) is 5.11. The predicted molar refractivity (Wildman–Crippen MR) is 91.3 cm³/mol. The third-order valence-electron chi connectivity index (χ3n) is 4.03. The maximum atomic E-state index is 11.6. The lowest BCUT2D eigenvalue weighted by Gasteiger charge is -2.12. The molecule has 0 bridgehead atoms. The first-order valence-corrected chi connectivity index (χ1v) is 8.48. The molecule has 1 aromatic rings. The average Bonchev–Trinajstić information content (AvgIpc) is 3.05. The van der Waals surface area contributed by atoms with Crippen LogP contribution < -0.4 is 15.4 Å². The molecule has 2 rings (SSSR count). The molecule has 7 nitrogen and oxygen atoms in total. The van der Waals surface area contributed by atoms with E-state index in [1.807, 2.05) is 32.0 Å². The molecule has 0 radical (unpaired) electrons. The van der Waals surface area contributed by atoms with Gasteiger partial charge in [0, 0.05) is 6.04 Å². The number of urea groups is 1. The largest absolute Gasteiger partial charge is 0.482 e. The maximum Gasteiger partial charge on any atom is 0.344 e. The van der Waals surface area contributed by atoms with Gasteiger partial charge in [0.2, 0.25) is 0 Å². The van der Waals surface area contributed by atoms with Crippen LogP contribution in [0.4, 0.5) is 4.79 Å². The van der Waals surface area contributed by atoms with Crippen LogP contribution in [0.15, 0.2) is 18.2 Å². The number of rotatable bonds is 7. The molecule has 3 amide bonds. The van der Waals surface area contributed by atoms with Gasteiger partial charge in [0.05, 0.1) is 0 Å². The van der Waals surface area contributed by atoms with Gasteiger partial charge in [0.1, 0.15) is 5.75 Å². The molecule has 0 aliphatic heterocycles. The third kappa shape index (κ3) is 6.10. The minimum atomic E-state index is -0.688. The smallest absolute Gasteiger partial charge is 0.344 e. The van der Waals surface area contributed by atoms with Gasteiger partial charge in [-0.05, 0) is 55.9 Å². The van der Waals surface area contributed by atoms with Crippen molar-refractivity contribution in [2.24, 2.45) is 0 Å². The number of fused-ring (bicyclic) bond motifs is 1. The monoisotopic (exact) mass is 348 g/mol. The van der Waals surface area contributed by atoms with Crippen LogP contribution in [0.3, 0.4) is 0 Å². The summed E-state index contributed by atoms with van der Waals surface area (Å²) in [5.41, 5.74) is 2.57. The summed E-state index contributed by atoms with van der Waals surface area (Å²) in [6.07, 6.45) is 3.99. The molecular formula is C18H24N2O5. The lowest BCUT2D eigenvalue weighted by molar-refractivity contribution is -0.150. The first-order valence-electron chi connectivity index (χ1n) is 8.48. The SMILES string of the molecule is CC[C@@H](C)NC(=O)NC(=O)COC(=O)COc1ccc2c(c1)CCC2. The van der Waals surface area contributed by atoms with E-state index in [2.05, 4.69) is 10.6 Å². The van der Waals surface area contributed by atoms with E-state index in [9.17, 15) is 14.4 Å². The summed E-state index contributed by atoms with van der Waals surface area (Å²) in [4.78, 5) is 34.6. The van der Waals surface area contributed by atoms with Gasteiger partial charge >= 0.3 is 12.0 Å². The number of ether oxygens (including phenoxy) is 2. The number of hydrogen-bond acceptors (Lipinski definition) is 5. The summed E-state index contributed by atoms with van der Waals surface area (Å²) in [5, 5.41) is 4.67. The molecule has 7 heteroatoms. The van der Waals surface area contributed by atoms with Crippen molar-refractivity contribution in [2.45, 2.75) is 45.6 Å². The normalized spacial score (nSPS) is 13.5. The zero-order valence-electron chi connectivity index (χ0n) is 14.6. The Labute approximate surface area is 147 Å². The Morgan fingerprint density at radius 3 is 2.68 bits per heavy atom. The minimum Gasteiger partial charge on any atom is -0.482 e. The van der Waals surface area contributed by atoms with Crippen molar-refractivity contribution in [2.75, 3.05) is 13.2 Å². The highest BCUT2D eigenvalue weighted by atomic mass is 16.6. The first-order chi connectivity index (χ1) is 12.0. The summed E-state index contributed by atoms with van der Waals surface area (Å²) in [7, 11) is 0. The highest BCUT2D eigenvalue weighted by Crippen LogP contribution is 2.25. The van der Waals surface area contributed by atoms with E-state index < -0.39 is 24.5 Å². The third-order valence-corrected chi connectivity index (χ3v) is 4.03. The molecule has 0 saturated carbocycles. The number of aryl methyl sites for hydroxylation is 2. The standard InChI is InChI=1S/C18H24N2O5/c1-3-12(2)19-18(23)20-16(21)10-25-17(22)11-24-15-8-7-13-5-4-6-14(13)9-15/h7-9,12H,3-6,10-11H2,1-2H3,(H2,19,20,21,23)/t12-/m1/s1. The van der Waals surface area contributed by atoms with Gasteiger partial charge in [0.25, 0.3) is 5.91 Å². The average molecular weight is 348 g/mol. The van der Waals surface area contributed by atoms with Crippen molar-refractivity contribution in [3.8, 4) is 5.75 Å². The van der Waals surface area contributed by atoms with Crippen molar-refractivity contribution in [1.82, 2.24) is 10.6 Å². The highest BCUT2D eigenvalue weighted by molar-refractivity contribution is 5.95. The second-order valence-corrected chi connectivity index (χ2v) is 6.06. The van der Waals surface area contributed by atoms with E-state index in [-0.39, 0.29) is 12.6 Å². The highest BCUT2D eigenvalue weighted by Gasteiger charge is 2.14. The number of benzene rings is 1. The summed E-state index contributed by atoms with van der Waals surface area (Å²) >= 11 is 0. The van der Waals surface area contributed by atoms with Crippen LogP contribution in [0.1, 0.15) is 37.8 Å². The molecule has 0 saturated heterocycles. The molecule has 1 atom stereocenters. The second kappa shape index (κ2) is 9.05. The van der Waals surface area contributed by atoms with Crippen LogP contribution in [0.5, 0.6) is 5.75 Å². The van der Waals surface area contributed by atoms with Crippen molar-refractivity contribution < 1.29 is 23.9 Å². The van der Waals surface area contributed by atoms with Crippen LogP contribution in [-0.4, -0.2) is 37.2 Å². The molecule has 0 unspecified atom stereocenters. The molecular weight excluding hydrogens is 324 g/mol. The number of esters is 1. The molecule has 0 spiro atoms. The fraction of sp³-hybridized carbons (Fsp3) is 0.500. The number of imide groups is 1. The number of nitrogens with one attached hydrogen (secondary N) is 2. The number of amides is 3. The van der Waals surface area contributed by atoms with Gasteiger partial charge < -0.3 is 14.8 Å². The van der Waals surface area contributed by atoms with Gasteiger partial charge in [0.15, 0.2) is 13.2 Å². The van der Waals surface area contributed by atoms with Gasteiger partial charge in [-0.1, -0.05) is 13.0 Å². The van der Waals surface area contributed by atoms with Crippen molar-refractivity contribution in [3.05, 3.63) is 29.3 Å². The van der Waals surface area contributed by atoms with Crippen LogP contribution >= 0.6 is 0 Å². The fourth-order valence-corrected chi connectivity index (χ4v) is 2.49. The number of carbonyl (C=O) groups is 3. The Morgan fingerprint density at radius 1 is 1.16 bits per heavy atom. The van der Waals surface area contributed by atoms with Crippen LogP contribution in [0.2, 0.25) is 0 Å². The topological polar surface area (TPSA) is 93.7 Å². The molecule has 1 aliphatic carbocycles. The van der Waals surface area contributed by atoms with Crippen molar-refractivity contribution >= 4 is 17.9 Å². The van der Waals surface area contributed by atoms with E-state index in [0.717, 1.165) is 25.7 Å². The zero-order chi connectivity index (χ0) is 18.2. The molecule has 136 valence electrons. The quantitative estimate of drug-likeness (QED) is 0.732. The summed E-state index contributed by atoms with van der Waals surface area (Å²) in [5.74, 6) is -0.750. The lowest BCUT2D eigenvalue weighted by atomic mass is 10.1. The van der Waals surface area contributed by atoms with Gasteiger partial charge in [-0.15, -0.1) is 0 Å². The molecule has 2 N–H and O–H groups in total. The Balaban J connectivity index is 1.66. The van der Waals surface area contributed by atoms with Gasteiger partial charge in [-0.2, -0.15) is 0 Å². The predicted octanol–water partition coefficient (Wildman–Crippen LogP) is 1.72. The number of carbonyl (C=O) groups excluding carboxylic acids is 3. The van der Waals surface area contributed by atoms with Gasteiger partial charge in [-0.3, -0.25) is 10.1 Å². The summed E-state index contributed by atoms with van der Waals surface area (Å²) < 4.78 is 10.2. The van der Waals surface area contributed by atoms with Crippen molar-refractivity contribution in [1.29, 1.82) is 0 Å². The van der Waals surface area contributed by atoms with E-state index >= 15 is 0 Å². The van der Waals surface area contributed by atoms with Crippen LogP contribution in [0.25, 0.3) is 0 Å². The van der Waals surface area contributed by atoms with Crippen LogP contribution in [-0.2, 0) is 27.2 Å². The van der Waals surface area contributed by atoms with Crippen molar-refractivity contribution in [3.63, 3.8) is 0 Å². The Bertz CT molecular complexity index is 644. The second-order valence-electron chi connectivity index (χ2n) is 6.06.